The predicted octanol–water partition coefficient (Wildman–Crippen LogP) is 5.02. The van der Waals surface area contributed by atoms with Crippen LogP contribution in [0.3, 0.4) is 0 Å². The minimum absolute atomic E-state index is 0.000133. The first-order chi connectivity index (χ1) is 8.02. The monoisotopic (exact) mass is 274 g/mol. The second-order valence-electron chi connectivity index (χ2n) is 3.58. The van der Waals surface area contributed by atoms with E-state index in [-0.39, 0.29) is 16.3 Å². The third-order valence-electron chi connectivity index (χ3n) is 2.54. The first-order valence-corrected chi connectivity index (χ1v) is 6.12. The number of rotatable bonds is 2. The first kappa shape index (κ1) is 12.3. The second-order valence-corrected chi connectivity index (χ2v) is 4.87. The first-order valence-electron chi connectivity index (χ1n) is 4.86. The van der Waals surface area contributed by atoms with Crippen LogP contribution in [-0.2, 0) is 0 Å². The number of hydrogen-bond acceptors (Lipinski definition) is 2. The van der Waals surface area contributed by atoms with Crippen LogP contribution in [0.5, 0.6) is 5.75 Å². The Morgan fingerprint density at radius 2 is 2.00 bits per heavy atom. The molecule has 17 heavy (non-hydrogen) atoms. The van der Waals surface area contributed by atoms with E-state index in [9.17, 15) is 13.9 Å². The van der Waals surface area contributed by atoms with Crippen LogP contribution >= 0.6 is 22.9 Å². The molecule has 5 heteroatoms. The highest BCUT2D eigenvalue weighted by atomic mass is 35.5. The van der Waals surface area contributed by atoms with Crippen LogP contribution in [-0.4, -0.2) is 5.11 Å². The van der Waals surface area contributed by atoms with Gasteiger partial charge < -0.3 is 5.11 Å². The lowest BCUT2D eigenvalue weighted by atomic mass is 10.0. The molecule has 0 bridgehead atoms. The maximum absolute atomic E-state index is 12.8. The summed E-state index contributed by atoms with van der Waals surface area (Å²) in [5, 5.41) is 11.3. The molecule has 0 radical (unpaired) electrons. The Morgan fingerprint density at radius 1 is 1.29 bits per heavy atom. The van der Waals surface area contributed by atoms with Gasteiger partial charge in [0.25, 0.3) is 6.43 Å². The van der Waals surface area contributed by atoms with Gasteiger partial charge in [-0.25, -0.2) is 8.78 Å². The molecule has 1 N–H and O–H groups in total. The van der Waals surface area contributed by atoms with E-state index in [4.69, 9.17) is 11.6 Å². The van der Waals surface area contributed by atoms with E-state index in [0.717, 1.165) is 0 Å². The van der Waals surface area contributed by atoms with Crippen LogP contribution in [0.2, 0.25) is 5.02 Å². The van der Waals surface area contributed by atoms with E-state index < -0.39 is 6.43 Å². The minimum Gasteiger partial charge on any atom is -0.506 e. The van der Waals surface area contributed by atoms with Crippen LogP contribution in [0.4, 0.5) is 8.78 Å². The fourth-order valence-corrected chi connectivity index (χ4v) is 2.78. The molecule has 0 aliphatic heterocycles. The van der Waals surface area contributed by atoms with Gasteiger partial charge in [-0.1, -0.05) is 11.6 Å². The van der Waals surface area contributed by atoms with Crippen LogP contribution in [0, 0.1) is 6.92 Å². The molecule has 0 unspecified atom stereocenters. The van der Waals surface area contributed by atoms with Gasteiger partial charge >= 0.3 is 0 Å². The summed E-state index contributed by atoms with van der Waals surface area (Å²) in [6, 6.07) is 4.43. The molecule has 1 nitrogen and oxygen atoms in total. The summed E-state index contributed by atoms with van der Waals surface area (Å²) in [6.07, 6.45) is -2.51. The lowest BCUT2D eigenvalue weighted by Gasteiger charge is -2.09. The number of phenolic OH excluding ortho intramolecular Hbond substituents is 1. The summed E-state index contributed by atoms with van der Waals surface area (Å²) in [4.78, 5) is 0.499. The van der Waals surface area contributed by atoms with Gasteiger partial charge in [0.1, 0.15) is 5.75 Å². The van der Waals surface area contributed by atoms with E-state index in [1.165, 1.54) is 23.5 Å². The van der Waals surface area contributed by atoms with Crippen molar-refractivity contribution in [3.63, 3.8) is 0 Å². The summed E-state index contributed by atoms with van der Waals surface area (Å²) >= 11 is 7.14. The average molecular weight is 275 g/mol. The lowest BCUT2D eigenvalue weighted by molar-refractivity contribution is 0.152. The number of phenols is 1. The van der Waals surface area contributed by atoms with Gasteiger partial charge in [0.05, 0.1) is 5.02 Å². The van der Waals surface area contributed by atoms with Gasteiger partial charge in [-0.3, -0.25) is 0 Å². The normalized spacial score (nSPS) is 11.1. The van der Waals surface area contributed by atoms with E-state index in [0.29, 0.717) is 16.0 Å². The number of alkyl halides is 2. The van der Waals surface area contributed by atoms with E-state index in [2.05, 4.69) is 0 Å². The Labute approximate surface area is 106 Å². The Kier molecular flexibility index (Phi) is 3.35. The fraction of sp³-hybridized carbons (Fsp3) is 0.167. The maximum atomic E-state index is 12.8. The Bertz CT molecular complexity index is 551. The molecule has 1 aromatic heterocycles. The molecule has 1 aromatic carbocycles. The average Bonchev–Trinajstić information content (AvgIpc) is 2.75. The number of hydrogen-bond donors (Lipinski definition) is 1. The highest BCUT2D eigenvalue weighted by Crippen LogP contribution is 2.41. The number of benzene rings is 1. The van der Waals surface area contributed by atoms with Crippen molar-refractivity contribution in [1.82, 2.24) is 0 Å². The molecule has 0 saturated carbocycles. The van der Waals surface area contributed by atoms with E-state index >= 15 is 0 Å². The van der Waals surface area contributed by atoms with Gasteiger partial charge in [-0.2, -0.15) is 0 Å². The molecule has 2 aromatic rings. The van der Waals surface area contributed by atoms with Crippen molar-refractivity contribution in [3.05, 3.63) is 39.7 Å². The van der Waals surface area contributed by atoms with Crippen molar-refractivity contribution in [1.29, 1.82) is 0 Å². The molecule has 90 valence electrons. The zero-order chi connectivity index (χ0) is 12.6. The molecular formula is C12H9ClF2OS. The molecule has 0 amide bonds. The van der Waals surface area contributed by atoms with E-state index in [1.54, 1.807) is 18.4 Å². The number of halogens is 3. The van der Waals surface area contributed by atoms with Crippen molar-refractivity contribution in [2.75, 3.05) is 0 Å². The predicted molar refractivity (Wildman–Crippen MR) is 66.1 cm³/mol. The van der Waals surface area contributed by atoms with Crippen LogP contribution in [0.25, 0.3) is 10.4 Å². The fourth-order valence-electron chi connectivity index (χ4n) is 1.63. The molecule has 0 fully saturated rings. The summed E-state index contributed by atoms with van der Waals surface area (Å²) in [7, 11) is 0. The lowest BCUT2D eigenvalue weighted by Crippen LogP contribution is -1.88. The molecule has 0 saturated heterocycles. The van der Waals surface area contributed by atoms with Gasteiger partial charge in [0.15, 0.2) is 0 Å². The topological polar surface area (TPSA) is 20.2 Å². The van der Waals surface area contributed by atoms with Crippen LogP contribution in [0.1, 0.15) is 17.6 Å². The zero-order valence-corrected chi connectivity index (χ0v) is 10.4. The molecule has 0 aliphatic rings. The number of aromatic hydroxyl groups is 1. The van der Waals surface area contributed by atoms with Crippen molar-refractivity contribution in [3.8, 4) is 16.2 Å². The second kappa shape index (κ2) is 4.63. The highest BCUT2D eigenvalue weighted by molar-refractivity contribution is 7.13. The van der Waals surface area contributed by atoms with Crippen molar-refractivity contribution in [2.24, 2.45) is 0 Å². The third-order valence-corrected chi connectivity index (χ3v) is 3.98. The molecule has 2 rings (SSSR count). The van der Waals surface area contributed by atoms with Crippen molar-refractivity contribution < 1.29 is 13.9 Å². The van der Waals surface area contributed by atoms with Gasteiger partial charge in [0, 0.05) is 10.4 Å². The quantitative estimate of drug-likeness (QED) is 0.815. The molecule has 0 aliphatic carbocycles. The summed E-state index contributed by atoms with van der Waals surface area (Å²) in [5.41, 5.74) is 1.24. The van der Waals surface area contributed by atoms with Crippen LogP contribution < -0.4 is 0 Å². The number of thiophene rings is 1. The van der Waals surface area contributed by atoms with Crippen LogP contribution in [0.15, 0.2) is 23.6 Å². The van der Waals surface area contributed by atoms with Crippen molar-refractivity contribution in [2.45, 2.75) is 13.3 Å². The summed E-state index contributed by atoms with van der Waals surface area (Å²) in [5.74, 6) is -0.0388. The standard InChI is InChI=1S/C12H9ClF2OS/c1-6-7(2-3-9(16)10(6)13)11-8(12(14)15)4-5-17-11/h2-5,12,16H,1H3. The van der Waals surface area contributed by atoms with Crippen molar-refractivity contribution >= 4 is 22.9 Å². The molecule has 0 spiro atoms. The Hall–Kier alpha value is -1.13. The molecule has 1 heterocycles. The minimum atomic E-state index is -2.51. The maximum Gasteiger partial charge on any atom is 0.265 e. The largest absolute Gasteiger partial charge is 0.506 e. The highest BCUT2D eigenvalue weighted by Gasteiger charge is 2.18. The van der Waals surface area contributed by atoms with Gasteiger partial charge in [-0.05, 0) is 41.6 Å². The van der Waals surface area contributed by atoms with Gasteiger partial charge in [-0.15, -0.1) is 11.3 Å². The Balaban J connectivity index is 2.61. The Morgan fingerprint density at radius 3 is 2.65 bits per heavy atom. The van der Waals surface area contributed by atoms with Gasteiger partial charge in [0.2, 0.25) is 0 Å². The SMILES string of the molecule is Cc1c(-c2sccc2C(F)F)ccc(O)c1Cl. The summed E-state index contributed by atoms with van der Waals surface area (Å²) < 4.78 is 25.6. The molecular weight excluding hydrogens is 266 g/mol. The third kappa shape index (κ3) is 2.15. The smallest absolute Gasteiger partial charge is 0.265 e. The zero-order valence-electron chi connectivity index (χ0n) is 8.88. The summed E-state index contributed by atoms with van der Waals surface area (Å²) in [6.45, 7) is 1.70. The van der Waals surface area contributed by atoms with E-state index in [1.807, 2.05) is 0 Å². The molecule has 0 atom stereocenters.